The van der Waals surface area contributed by atoms with E-state index in [0.717, 1.165) is 23.9 Å². The van der Waals surface area contributed by atoms with E-state index in [1.54, 1.807) is 14.2 Å². The predicted octanol–water partition coefficient (Wildman–Crippen LogP) is 2.78. The van der Waals surface area contributed by atoms with Gasteiger partial charge in [0.2, 0.25) is 12.4 Å². The molecule has 1 aromatic carbocycles. The van der Waals surface area contributed by atoms with Crippen LogP contribution in [0.5, 0.6) is 11.5 Å². The van der Waals surface area contributed by atoms with E-state index < -0.39 is 8.07 Å². The average Bonchev–Trinajstić information content (AvgIpc) is 3.05. The molecular formula is C17H23N2O2Si+. The Morgan fingerprint density at radius 1 is 1.00 bits per heavy atom. The number of ether oxygens (including phenoxy) is 2. The summed E-state index contributed by atoms with van der Waals surface area (Å²) in [7, 11) is 2.02. The molecule has 116 valence electrons. The SMILES string of the molecule is COc1cc(OC)cc([N+]2=Cc3ccc([Si](C)(C)C)n3C2)c1. The maximum Gasteiger partial charge on any atom is 0.228 e. The van der Waals surface area contributed by atoms with Crippen molar-refractivity contribution >= 4 is 25.3 Å². The van der Waals surface area contributed by atoms with Gasteiger partial charge in [-0.1, -0.05) is 19.6 Å². The molecule has 0 radical (unpaired) electrons. The lowest BCUT2D eigenvalue weighted by molar-refractivity contribution is -0.463. The highest BCUT2D eigenvalue weighted by Gasteiger charge is 2.29. The zero-order valence-electron chi connectivity index (χ0n) is 13.9. The van der Waals surface area contributed by atoms with Crippen molar-refractivity contribution in [1.29, 1.82) is 0 Å². The minimum atomic E-state index is -1.34. The Balaban J connectivity index is 1.98. The summed E-state index contributed by atoms with van der Waals surface area (Å²) in [6, 6.07) is 10.5. The summed E-state index contributed by atoms with van der Waals surface area (Å²) in [5.41, 5.74) is 2.35. The molecular weight excluding hydrogens is 292 g/mol. The molecule has 0 spiro atoms. The molecule has 1 aromatic heterocycles. The van der Waals surface area contributed by atoms with Gasteiger partial charge in [-0.25, -0.2) is 0 Å². The first kappa shape index (κ1) is 14.9. The first-order valence-electron chi connectivity index (χ1n) is 7.47. The monoisotopic (exact) mass is 315 g/mol. The third-order valence-corrected chi connectivity index (χ3v) is 6.01. The van der Waals surface area contributed by atoms with Gasteiger partial charge in [-0.05, 0) is 12.1 Å². The molecule has 4 nitrogen and oxygen atoms in total. The van der Waals surface area contributed by atoms with Crippen molar-refractivity contribution in [3.8, 4) is 11.5 Å². The van der Waals surface area contributed by atoms with E-state index in [0.29, 0.717) is 0 Å². The molecule has 22 heavy (non-hydrogen) atoms. The van der Waals surface area contributed by atoms with Crippen LogP contribution in [0.25, 0.3) is 0 Å². The van der Waals surface area contributed by atoms with Crippen molar-refractivity contribution in [2.24, 2.45) is 0 Å². The van der Waals surface area contributed by atoms with Crippen molar-refractivity contribution in [3.63, 3.8) is 0 Å². The molecule has 0 saturated heterocycles. The zero-order chi connectivity index (χ0) is 15.9. The van der Waals surface area contributed by atoms with Crippen molar-refractivity contribution in [2.45, 2.75) is 26.3 Å². The lowest BCUT2D eigenvalue weighted by Crippen LogP contribution is -2.43. The number of nitrogens with zero attached hydrogens (tertiary/aromatic N) is 2. The van der Waals surface area contributed by atoms with Crippen LogP contribution in [0.15, 0.2) is 30.3 Å². The highest BCUT2D eigenvalue weighted by atomic mass is 28.3. The van der Waals surface area contributed by atoms with Crippen LogP contribution in [0.1, 0.15) is 5.69 Å². The Hall–Kier alpha value is -2.01. The summed E-state index contributed by atoms with van der Waals surface area (Å²) in [6.45, 7) is 7.99. The fourth-order valence-corrected chi connectivity index (χ4v) is 4.47. The lowest BCUT2D eigenvalue weighted by atomic mass is 10.2. The van der Waals surface area contributed by atoms with Crippen LogP contribution in [-0.2, 0) is 6.67 Å². The molecule has 0 atom stereocenters. The second kappa shape index (κ2) is 5.32. The van der Waals surface area contributed by atoms with Crippen LogP contribution >= 0.6 is 0 Å². The summed E-state index contributed by atoms with van der Waals surface area (Å²) < 4.78 is 15.4. The van der Waals surface area contributed by atoms with E-state index in [9.17, 15) is 0 Å². The largest absolute Gasteiger partial charge is 0.496 e. The lowest BCUT2D eigenvalue weighted by Gasteiger charge is -2.17. The minimum absolute atomic E-state index is 0.810. The van der Waals surface area contributed by atoms with Gasteiger partial charge in [0.05, 0.1) is 34.4 Å². The normalized spacial score (nSPS) is 13.8. The van der Waals surface area contributed by atoms with Crippen molar-refractivity contribution in [3.05, 3.63) is 36.0 Å². The van der Waals surface area contributed by atoms with E-state index in [2.05, 4.69) is 47.1 Å². The number of aromatic nitrogens is 1. The number of fused-ring (bicyclic) bond motifs is 1. The van der Waals surface area contributed by atoms with Gasteiger partial charge in [-0.15, -0.1) is 0 Å². The van der Waals surface area contributed by atoms with Crippen LogP contribution in [0.4, 0.5) is 5.69 Å². The number of benzene rings is 1. The molecule has 0 fully saturated rings. The van der Waals surface area contributed by atoms with Crippen molar-refractivity contribution in [1.82, 2.24) is 4.57 Å². The molecule has 2 aromatic rings. The molecule has 3 rings (SSSR count). The van der Waals surface area contributed by atoms with Gasteiger partial charge in [0, 0.05) is 11.4 Å². The second-order valence-electron chi connectivity index (χ2n) is 6.63. The highest BCUT2D eigenvalue weighted by molar-refractivity contribution is 6.88. The first-order valence-corrected chi connectivity index (χ1v) is 11.0. The van der Waals surface area contributed by atoms with Crippen molar-refractivity contribution in [2.75, 3.05) is 14.2 Å². The summed E-state index contributed by atoms with van der Waals surface area (Å²) >= 11 is 0. The maximum atomic E-state index is 5.37. The van der Waals surface area contributed by atoms with Crippen molar-refractivity contribution < 1.29 is 14.0 Å². The van der Waals surface area contributed by atoms with Gasteiger partial charge in [0.25, 0.3) is 0 Å². The van der Waals surface area contributed by atoms with E-state index in [1.165, 1.54) is 11.0 Å². The third kappa shape index (κ3) is 2.56. The predicted molar refractivity (Wildman–Crippen MR) is 92.0 cm³/mol. The summed E-state index contributed by atoms with van der Waals surface area (Å²) in [4.78, 5) is 0. The smallest absolute Gasteiger partial charge is 0.228 e. The quantitative estimate of drug-likeness (QED) is 0.641. The molecule has 1 aliphatic heterocycles. The Kier molecular flexibility index (Phi) is 3.60. The van der Waals surface area contributed by atoms with Crippen LogP contribution in [0.2, 0.25) is 19.6 Å². The topological polar surface area (TPSA) is 26.4 Å². The van der Waals surface area contributed by atoms with Gasteiger partial charge in [0.1, 0.15) is 17.2 Å². The van der Waals surface area contributed by atoms with E-state index >= 15 is 0 Å². The summed E-state index contributed by atoms with van der Waals surface area (Å²) in [5, 5.41) is 1.48. The van der Waals surface area contributed by atoms with Crippen LogP contribution < -0.4 is 14.8 Å². The number of methoxy groups -OCH3 is 2. The van der Waals surface area contributed by atoms with E-state index in [1.807, 2.05) is 18.2 Å². The van der Waals surface area contributed by atoms with Gasteiger partial charge >= 0.3 is 0 Å². The number of hydrogen-bond donors (Lipinski definition) is 0. The fourth-order valence-electron chi connectivity index (χ4n) is 2.88. The third-order valence-electron chi connectivity index (χ3n) is 4.03. The molecule has 1 aliphatic rings. The van der Waals surface area contributed by atoms with Crippen LogP contribution in [0.3, 0.4) is 0 Å². The van der Waals surface area contributed by atoms with Gasteiger partial charge in [-0.3, -0.25) is 4.57 Å². The Labute approximate surface area is 132 Å². The molecule has 0 saturated carbocycles. The fraction of sp³-hybridized carbons (Fsp3) is 0.353. The van der Waals surface area contributed by atoms with Gasteiger partial charge < -0.3 is 9.47 Å². The zero-order valence-corrected chi connectivity index (χ0v) is 14.9. The molecule has 2 heterocycles. The Morgan fingerprint density at radius 2 is 1.64 bits per heavy atom. The van der Waals surface area contributed by atoms with Gasteiger partial charge in [-0.2, -0.15) is 4.58 Å². The standard InChI is InChI=1S/C17H23N2O2Si/c1-20-15-8-14(9-16(10-15)21-2)18-11-13-6-7-17(19(13)12-18)22(3,4)5/h6-11H,12H2,1-5H3/q+1. The molecule has 0 unspecified atom stereocenters. The van der Waals surface area contributed by atoms with Crippen LogP contribution in [-0.4, -0.2) is 37.7 Å². The van der Waals surface area contributed by atoms with E-state index in [-0.39, 0.29) is 0 Å². The molecule has 0 bridgehead atoms. The summed E-state index contributed by atoms with van der Waals surface area (Å²) in [6.07, 6.45) is 2.19. The average molecular weight is 315 g/mol. The second-order valence-corrected chi connectivity index (χ2v) is 11.6. The molecule has 5 heteroatoms. The Morgan fingerprint density at radius 3 is 2.18 bits per heavy atom. The number of rotatable bonds is 4. The maximum absolute atomic E-state index is 5.37. The summed E-state index contributed by atoms with van der Waals surface area (Å²) in [5.74, 6) is 1.62. The molecule has 0 N–H and O–H groups in total. The van der Waals surface area contributed by atoms with E-state index in [4.69, 9.17) is 9.47 Å². The van der Waals surface area contributed by atoms with Crippen LogP contribution in [0, 0.1) is 0 Å². The highest BCUT2D eigenvalue weighted by Crippen LogP contribution is 2.29. The number of hydrogen-bond acceptors (Lipinski definition) is 2. The first-order chi connectivity index (χ1) is 10.4. The van der Waals surface area contributed by atoms with Gasteiger partial charge in [0.15, 0.2) is 6.21 Å². The molecule has 0 amide bonds. The minimum Gasteiger partial charge on any atom is -0.496 e. The molecule has 0 aliphatic carbocycles. The Bertz CT molecular complexity index is 719.